The van der Waals surface area contributed by atoms with E-state index in [-0.39, 0.29) is 11.5 Å². The summed E-state index contributed by atoms with van der Waals surface area (Å²) in [6.07, 6.45) is 4.35. The van der Waals surface area contributed by atoms with E-state index in [9.17, 15) is 9.59 Å². The van der Waals surface area contributed by atoms with Gasteiger partial charge in [0.25, 0.3) is 0 Å². The molecular weight excluding hydrogens is 268 g/mol. The second kappa shape index (κ2) is 5.36. The number of benzene rings is 1. The highest BCUT2D eigenvalue weighted by Crippen LogP contribution is 2.29. The van der Waals surface area contributed by atoms with Crippen LogP contribution < -0.4 is 4.90 Å². The minimum absolute atomic E-state index is 0.0167. The summed E-state index contributed by atoms with van der Waals surface area (Å²) < 4.78 is 0. The molecule has 106 valence electrons. The largest absolute Gasteiger partial charge is 0.478 e. The van der Waals surface area contributed by atoms with E-state index in [2.05, 4.69) is 4.98 Å². The molecule has 1 aliphatic heterocycles. The highest BCUT2D eigenvalue weighted by Gasteiger charge is 2.25. The summed E-state index contributed by atoms with van der Waals surface area (Å²) in [4.78, 5) is 29.0. The van der Waals surface area contributed by atoms with Gasteiger partial charge in [-0.05, 0) is 47.9 Å². The number of carbonyl (C=O) groups is 2. The van der Waals surface area contributed by atoms with Crippen molar-refractivity contribution in [2.45, 2.75) is 12.8 Å². The zero-order valence-electron chi connectivity index (χ0n) is 11.3. The van der Waals surface area contributed by atoms with Crippen molar-refractivity contribution in [1.82, 2.24) is 4.98 Å². The van der Waals surface area contributed by atoms with Gasteiger partial charge in [-0.3, -0.25) is 9.78 Å². The molecule has 1 amide bonds. The van der Waals surface area contributed by atoms with Gasteiger partial charge in [-0.25, -0.2) is 4.79 Å². The first kappa shape index (κ1) is 13.3. The Hall–Kier alpha value is -2.69. The number of anilines is 1. The van der Waals surface area contributed by atoms with Crippen LogP contribution in [0.2, 0.25) is 0 Å². The molecule has 0 aliphatic carbocycles. The second-order valence-corrected chi connectivity index (χ2v) is 4.98. The molecule has 0 saturated carbocycles. The molecular formula is C16H14N2O3. The van der Waals surface area contributed by atoms with Crippen molar-refractivity contribution in [3.05, 3.63) is 59.4 Å². The summed E-state index contributed by atoms with van der Waals surface area (Å²) in [6.45, 7) is 0.600. The summed E-state index contributed by atoms with van der Waals surface area (Å²) in [5, 5.41) is 9.00. The zero-order valence-corrected chi connectivity index (χ0v) is 11.3. The van der Waals surface area contributed by atoms with E-state index in [1.54, 1.807) is 35.5 Å². The van der Waals surface area contributed by atoms with E-state index in [4.69, 9.17) is 5.11 Å². The molecule has 21 heavy (non-hydrogen) atoms. The lowest BCUT2D eigenvalue weighted by Crippen LogP contribution is -2.30. The van der Waals surface area contributed by atoms with Crippen LogP contribution >= 0.6 is 0 Å². The van der Waals surface area contributed by atoms with E-state index >= 15 is 0 Å². The van der Waals surface area contributed by atoms with Crippen LogP contribution in [0, 0.1) is 0 Å². The van der Waals surface area contributed by atoms with Crippen LogP contribution in [0.5, 0.6) is 0 Å². The Morgan fingerprint density at radius 1 is 1.19 bits per heavy atom. The molecule has 0 bridgehead atoms. The fraction of sp³-hybridized carbons (Fsp3) is 0.188. The minimum atomic E-state index is -0.945. The Morgan fingerprint density at radius 3 is 2.67 bits per heavy atom. The fourth-order valence-electron chi connectivity index (χ4n) is 2.56. The van der Waals surface area contributed by atoms with E-state index in [1.807, 2.05) is 12.1 Å². The molecule has 0 unspecified atom stereocenters. The molecule has 5 heteroatoms. The quantitative estimate of drug-likeness (QED) is 0.933. The molecule has 1 aliphatic rings. The van der Waals surface area contributed by atoms with Crippen LogP contribution in [0.3, 0.4) is 0 Å². The van der Waals surface area contributed by atoms with Gasteiger partial charge < -0.3 is 10.0 Å². The maximum absolute atomic E-state index is 12.4. The minimum Gasteiger partial charge on any atom is -0.478 e. The average molecular weight is 282 g/mol. The SMILES string of the molecule is O=C(O)c1ccc2c(c1)CCN2C(=O)Cc1ccncc1. The van der Waals surface area contributed by atoms with Crippen molar-refractivity contribution in [2.24, 2.45) is 0 Å². The predicted octanol–water partition coefficient (Wildman–Crippen LogP) is 1.91. The number of pyridine rings is 1. The van der Waals surface area contributed by atoms with E-state index < -0.39 is 5.97 Å². The van der Waals surface area contributed by atoms with Crippen molar-refractivity contribution in [3.8, 4) is 0 Å². The van der Waals surface area contributed by atoms with Crippen molar-refractivity contribution >= 4 is 17.6 Å². The van der Waals surface area contributed by atoms with Crippen molar-refractivity contribution in [3.63, 3.8) is 0 Å². The summed E-state index contributed by atoms with van der Waals surface area (Å²) in [5.74, 6) is -0.928. The smallest absolute Gasteiger partial charge is 0.335 e. The standard InChI is InChI=1S/C16H14N2O3/c19-15(9-11-3-6-17-7-4-11)18-8-5-12-10-13(16(20)21)1-2-14(12)18/h1-4,6-7,10H,5,8-9H2,(H,20,21). The lowest BCUT2D eigenvalue weighted by molar-refractivity contribution is -0.117. The monoisotopic (exact) mass is 282 g/mol. The van der Waals surface area contributed by atoms with Gasteiger partial charge in [0.1, 0.15) is 0 Å². The molecule has 3 rings (SSSR count). The van der Waals surface area contributed by atoms with Crippen molar-refractivity contribution in [2.75, 3.05) is 11.4 Å². The van der Waals surface area contributed by atoms with Crippen LogP contribution in [0.4, 0.5) is 5.69 Å². The molecule has 0 atom stereocenters. The highest BCUT2D eigenvalue weighted by molar-refractivity contribution is 5.97. The molecule has 0 radical (unpaired) electrons. The number of carboxylic acid groups (broad SMARTS) is 1. The molecule has 1 aromatic carbocycles. The normalized spacial score (nSPS) is 13.0. The molecule has 1 aromatic heterocycles. The average Bonchev–Trinajstić information content (AvgIpc) is 2.91. The summed E-state index contributed by atoms with van der Waals surface area (Å²) in [6, 6.07) is 8.55. The lowest BCUT2D eigenvalue weighted by Gasteiger charge is -2.17. The summed E-state index contributed by atoms with van der Waals surface area (Å²) in [7, 11) is 0. The third kappa shape index (κ3) is 2.63. The fourth-order valence-corrected chi connectivity index (χ4v) is 2.56. The summed E-state index contributed by atoms with van der Waals surface area (Å²) >= 11 is 0. The van der Waals surface area contributed by atoms with Gasteiger partial charge in [-0.1, -0.05) is 0 Å². The molecule has 0 fully saturated rings. The van der Waals surface area contributed by atoms with Crippen molar-refractivity contribution in [1.29, 1.82) is 0 Å². The number of amides is 1. The van der Waals surface area contributed by atoms with E-state index in [1.165, 1.54) is 0 Å². The number of hydrogen-bond donors (Lipinski definition) is 1. The number of carboxylic acids is 1. The van der Waals surface area contributed by atoms with Crippen LogP contribution in [-0.4, -0.2) is 28.5 Å². The van der Waals surface area contributed by atoms with E-state index in [0.29, 0.717) is 19.4 Å². The predicted molar refractivity (Wildman–Crippen MR) is 77.4 cm³/mol. The zero-order chi connectivity index (χ0) is 14.8. The van der Waals surface area contributed by atoms with E-state index in [0.717, 1.165) is 16.8 Å². The van der Waals surface area contributed by atoms with Gasteiger partial charge in [0, 0.05) is 24.6 Å². The number of aromatic carboxylic acids is 1. The van der Waals surface area contributed by atoms with Crippen LogP contribution in [-0.2, 0) is 17.6 Å². The maximum Gasteiger partial charge on any atom is 0.335 e. The maximum atomic E-state index is 12.4. The third-order valence-corrected chi connectivity index (χ3v) is 3.63. The molecule has 2 heterocycles. The van der Waals surface area contributed by atoms with Gasteiger partial charge in [0.2, 0.25) is 5.91 Å². The lowest BCUT2D eigenvalue weighted by atomic mass is 10.1. The van der Waals surface area contributed by atoms with Gasteiger partial charge >= 0.3 is 5.97 Å². The number of fused-ring (bicyclic) bond motifs is 1. The number of hydrogen-bond acceptors (Lipinski definition) is 3. The number of aromatic nitrogens is 1. The van der Waals surface area contributed by atoms with Gasteiger partial charge in [-0.15, -0.1) is 0 Å². The van der Waals surface area contributed by atoms with Gasteiger partial charge in [0.15, 0.2) is 0 Å². The van der Waals surface area contributed by atoms with Gasteiger partial charge in [0.05, 0.1) is 12.0 Å². The first-order valence-corrected chi connectivity index (χ1v) is 6.70. The Kier molecular flexibility index (Phi) is 3.39. The first-order chi connectivity index (χ1) is 10.1. The highest BCUT2D eigenvalue weighted by atomic mass is 16.4. The molecule has 2 aromatic rings. The Balaban J connectivity index is 1.81. The Labute approximate surface area is 121 Å². The van der Waals surface area contributed by atoms with Gasteiger partial charge in [-0.2, -0.15) is 0 Å². The molecule has 5 nitrogen and oxygen atoms in total. The second-order valence-electron chi connectivity index (χ2n) is 4.98. The Bertz CT molecular complexity index is 698. The number of nitrogens with zero attached hydrogens (tertiary/aromatic N) is 2. The van der Waals surface area contributed by atoms with Crippen LogP contribution in [0.25, 0.3) is 0 Å². The van der Waals surface area contributed by atoms with Crippen LogP contribution in [0.15, 0.2) is 42.7 Å². The molecule has 0 spiro atoms. The first-order valence-electron chi connectivity index (χ1n) is 6.70. The number of carbonyl (C=O) groups excluding carboxylic acids is 1. The molecule has 1 N–H and O–H groups in total. The third-order valence-electron chi connectivity index (χ3n) is 3.63. The topological polar surface area (TPSA) is 70.5 Å². The molecule has 0 saturated heterocycles. The Morgan fingerprint density at radius 2 is 1.95 bits per heavy atom. The number of rotatable bonds is 3. The summed E-state index contributed by atoms with van der Waals surface area (Å²) in [5.41, 5.74) is 2.92. The van der Waals surface area contributed by atoms with Crippen LogP contribution in [0.1, 0.15) is 21.5 Å². The van der Waals surface area contributed by atoms with Crippen molar-refractivity contribution < 1.29 is 14.7 Å².